The predicted octanol–water partition coefficient (Wildman–Crippen LogP) is 4.70. The van der Waals surface area contributed by atoms with Crippen LogP contribution in [0, 0.1) is 24.7 Å². The van der Waals surface area contributed by atoms with Crippen LogP contribution in [0.3, 0.4) is 0 Å². The Bertz CT molecular complexity index is 383. The van der Waals surface area contributed by atoms with E-state index in [1.807, 2.05) is 6.07 Å². The highest BCUT2D eigenvalue weighted by Gasteiger charge is 2.28. The third-order valence-corrected chi connectivity index (χ3v) is 5.08. The maximum Gasteiger partial charge on any atom is 0.175 e. The number of rotatable bonds is 3. The quantitative estimate of drug-likeness (QED) is 0.711. The molecule has 0 saturated heterocycles. The van der Waals surface area contributed by atoms with E-state index >= 15 is 0 Å². The Labute approximate surface area is 108 Å². The Kier molecular flexibility index (Phi) is 4.03. The number of carbonyl (C=O) groups is 1. The van der Waals surface area contributed by atoms with Gasteiger partial charge >= 0.3 is 0 Å². The molecule has 0 N–H and O–H groups in total. The lowest BCUT2D eigenvalue weighted by Crippen LogP contribution is -2.23. The number of hydrogen-bond donors (Lipinski definition) is 0. The zero-order valence-electron chi connectivity index (χ0n) is 11.0. The minimum Gasteiger partial charge on any atom is -0.293 e. The summed E-state index contributed by atoms with van der Waals surface area (Å²) in [7, 11) is 0. The van der Waals surface area contributed by atoms with Crippen LogP contribution < -0.4 is 0 Å². The van der Waals surface area contributed by atoms with Crippen LogP contribution in [0.4, 0.5) is 0 Å². The Morgan fingerprint density at radius 2 is 1.88 bits per heavy atom. The van der Waals surface area contributed by atoms with Gasteiger partial charge in [0.1, 0.15) is 0 Å². The molecule has 2 heteroatoms. The Morgan fingerprint density at radius 3 is 2.35 bits per heavy atom. The molecule has 1 heterocycles. The molecule has 1 aliphatic carbocycles. The van der Waals surface area contributed by atoms with Crippen molar-refractivity contribution in [3.63, 3.8) is 0 Å². The SMILES string of the molecule is Cc1ccc(C(=O)C2CCC(C(C)C)CC2)s1. The third-order valence-electron chi connectivity index (χ3n) is 4.07. The van der Waals surface area contributed by atoms with Crippen LogP contribution >= 0.6 is 11.3 Å². The number of ketones is 1. The van der Waals surface area contributed by atoms with E-state index in [0.717, 1.165) is 29.6 Å². The summed E-state index contributed by atoms with van der Waals surface area (Å²) < 4.78 is 0. The number of hydrogen-bond acceptors (Lipinski definition) is 2. The average molecular weight is 250 g/mol. The number of thiophene rings is 1. The molecular formula is C15H22OS. The van der Waals surface area contributed by atoms with E-state index in [9.17, 15) is 4.79 Å². The van der Waals surface area contributed by atoms with Crippen LogP contribution in [0.5, 0.6) is 0 Å². The van der Waals surface area contributed by atoms with Gasteiger partial charge in [-0.15, -0.1) is 11.3 Å². The average Bonchev–Trinajstić information content (AvgIpc) is 2.75. The molecule has 1 aliphatic rings. The van der Waals surface area contributed by atoms with Gasteiger partial charge in [-0.2, -0.15) is 0 Å². The smallest absolute Gasteiger partial charge is 0.175 e. The maximum atomic E-state index is 12.3. The zero-order valence-corrected chi connectivity index (χ0v) is 11.8. The molecule has 0 bridgehead atoms. The van der Waals surface area contributed by atoms with Gasteiger partial charge in [0, 0.05) is 10.8 Å². The standard InChI is InChI=1S/C15H22OS/c1-10(2)12-5-7-13(8-6-12)15(16)14-9-4-11(3)17-14/h4,9-10,12-13H,5-8H2,1-3H3. The van der Waals surface area contributed by atoms with Crippen molar-refractivity contribution in [3.8, 4) is 0 Å². The number of Topliss-reactive ketones (excluding diaryl/α,β-unsaturated/α-hetero) is 1. The van der Waals surface area contributed by atoms with Gasteiger partial charge in [0.05, 0.1) is 4.88 Å². The van der Waals surface area contributed by atoms with E-state index in [4.69, 9.17) is 0 Å². The van der Waals surface area contributed by atoms with Crippen molar-refractivity contribution in [3.05, 3.63) is 21.9 Å². The van der Waals surface area contributed by atoms with Crippen molar-refractivity contribution in [1.82, 2.24) is 0 Å². The van der Waals surface area contributed by atoms with Crippen LogP contribution in [0.1, 0.15) is 54.1 Å². The van der Waals surface area contributed by atoms with Crippen molar-refractivity contribution in [1.29, 1.82) is 0 Å². The van der Waals surface area contributed by atoms with E-state index in [1.165, 1.54) is 17.7 Å². The topological polar surface area (TPSA) is 17.1 Å². The van der Waals surface area contributed by atoms with Gasteiger partial charge in [0.2, 0.25) is 0 Å². The van der Waals surface area contributed by atoms with Crippen LogP contribution in [-0.2, 0) is 0 Å². The summed E-state index contributed by atoms with van der Waals surface area (Å²) in [5, 5.41) is 0. The molecule has 17 heavy (non-hydrogen) atoms. The summed E-state index contributed by atoms with van der Waals surface area (Å²) >= 11 is 1.65. The number of carbonyl (C=O) groups excluding carboxylic acids is 1. The highest BCUT2D eigenvalue weighted by Crippen LogP contribution is 2.35. The van der Waals surface area contributed by atoms with E-state index in [1.54, 1.807) is 11.3 Å². The van der Waals surface area contributed by atoms with Crippen LogP contribution in [0.2, 0.25) is 0 Å². The molecule has 1 aromatic heterocycles. The van der Waals surface area contributed by atoms with E-state index in [0.29, 0.717) is 11.7 Å². The second kappa shape index (κ2) is 5.34. The van der Waals surface area contributed by atoms with Gasteiger partial charge in [0.15, 0.2) is 5.78 Å². The van der Waals surface area contributed by atoms with Gasteiger partial charge in [-0.1, -0.05) is 13.8 Å². The van der Waals surface area contributed by atoms with Crippen LogP contribution in [0.25, 0.3) is 0 Å². The van der Waals surface area contributed by atoms with Crippen molar-refractivity contribution >= 4 is 17.1 Å². The fourth-order valence-electron chi connectivity index (χ4n) is 2.82. The van der Waals surface area contributed by atoms with E-state index in [2.05, 4.69) is 26.8 Å². The third kappa shape index (κ3) is 2.98. The molecule has 1 saturated carbocycles. The normalized spacial score (nSPS) is 25.2. The molecule has 1 nitrogen and oxygen atoms in total. The van der Waals surface area contributed by atoms with E-state index in [-0.39, 0.29) is 0 Å². The lowest BCUT2D eigenvalue weighted by atomic mass is 9.75. The van der Waals surface area contributed by atoms with Gasteiger partial charge in [0.25, 0.3) is 0 Å². The molecule has 2 rings (SSSR count). The molecule has 1 aromatic rings. The first-order valence-electron chi connectivity index (χ1n) is 6.68. The van der Waals surface area contributed by atoms with Crippen molar-refractivity contribution in [2.24, 2.45) is 17.8 Å². The number of aryl methyl sites for hydroxylation is 1. The second-order valence-electron chi connectivity index (χ2n) is 5.63. The predicted molar refractivity (Wildman–Crippen MR) is 73.7 cm³/mol. The summed E-state index contributed by atoms with van der Waals surface area (Å²) in [5.74, 6) is 2.30. The minimum atomic E-state index is 0.294. The van der Waals surface area contributed by atoms with Crippen LogP contribution in [0.15, 0.2) is 12.1 Å². The molecular weight excluding hydrogens is 228 g/mol. The zero-order chi connectivity index (χ0) is 12.4. The Hall–Kier alpha value is -0.630. The van der Waals surface area contributed by atoms with E-state index < -0.39 is 0 Å². The van der Waals surface area contributed by atoms with Gasteiger partial charge in [-0.25, -0.2) is 0 Å². The second-order valence-corrected chi connectivity index (χ2v) is 6.92. The van der Waals surface area contributed by atoms with Gasteiger partial charge in [-0.3, -0.25) is 4.79 Å². The lowest BCUT2D eigenvalue weighted by molar-refractivity contribution is 0.0863. The van der Waals surface area contributed by atoms with Gasteiger partial charge < -0.3 is 0 Å². The highest BCUT2D eigenvalue weighted by atomic mass is 32.1. The lowest BCUT2D eigenvalue weighted by Gasteiger charge is -2.29. The van der Waals surface area contributed by atoms with Crippen molar-refractivity contribution in [2.75, 3.05) is 0 Å². The molecule has 0 aliphatic heterocycles. The maximum absolute atomic E-state index is 12.3. The summed E-state index contributed by atoms with van der Waals surface area (Å²) in [6.07, 6.45) is 4.66. The highest BCUT2D eigenvalue weighted by molar-refractivity contribution is 7.14. The molecule has 0 radical (unpaired) electrons. The summed E-state index contributed by atoms with van der Waals surface area (Å²) in [5.41, 5.74) is 0. The van der Waals surface area contributed by atoms with Gasteiger partial charge in [-0.05, 0) is 56.6 Å². The molecule has 94 valence electrons. The molecule has 0 unspecified atom stereocenters. The molecule has 0 spiro atoms. The monoisotopic (exact) mass is 250 g/mol. The first-order chi connectivity index (χ1) is 8.08. The van der Waals surface area contributed by atoms with Crippen molar-refractivity contribution in [2.45, 2.75) is 46.5 Å². The fraction of sp³-hybridized carbons (Fsp3) is 0.667. The molecule has 0 atom stereocenters. The Morgan fingerprint density at radius 1 is 1.24 bits per heavy atom. The first-order valence-corrected chi connectivity index (χ1v) is 7.50. The first kappa shape index (κ1) is 12.8. The molecule has 0 aromatic carbocycles. The molecule has 0 amide bonds. The molecule has 1 fully saturated rings. The summed E-state index contributed by atoms with van der Waals surface area (Å²) in [6, 6.07) is 4.05. The van der Waals surface area contributed by atoms with Crippen LogP contribution in [-0.4, -0.2) is 5.78 Å². The fourth-order valence-corrected chi connectivity index (χ4v) is 3.70. The van der Waals surface area contributed by atoms with Crippen molar-refractivity contribution < 1.29 is 4.79 Å². The largest absolute Gasteiger partial charge is 0.293 e. The summed E-state index contributed by atoms with van der Waals surface area (Å²) in [6.45, 7) is 6.67. The Balaban J connectivity index is 1.95. The summed E-state index contributed by atoms with van der Waals surface area (Å²) in [4.78, 5) is 14.5. The minimum absolute atomic E-state index is 0.294.